The summed E-state index contributed by atoms with van der Waals surface area (Å²) in [5.41, 5.74) is 6.54. The van der Waals surface area contributed by atoms with Gasteiger partial charge in [0.1, 0.15) is 5.82 Å². The summed E-state index contributed by atoms with van der Waals surface area (Å²) >= 11 is 0. The fourth-order valence-electron chi connectivity index (χ4n) is 2.92. The normalized spacial score (nSPS) is 26.4. The van der Waals surface area contributed by atoms with Crippen LogP contribution in [0.1, 0.15) is 37.6 Å². The number of carbonyl (C=O) groups excluding carboxylic acids is 1. The molecule has 2 rings (SSSR count). The van der Waals surface area contributed by atoms with Gasteiger partial charge in [0, 0.05) is 12.6 Å². The summed E-state index contributed by atoms with van der Waals surface area (Å²) in [6, 6.07) is 2.13. The van der Waals surface area contributed by atoms with Crippen molar-refractivity contribution in [2.75, 3.05) is 24.3 Å². The van der Waals surface area contributed by atoms with Crippen LogP contribution in [-0.4, -0.2) is 30.6 Å². The average Bonchev–Trinajstić information content (AvgIpc) is 2.42. The van der Waals surface area contributed by atoms with Gasteiger partial charge < -0.3 is 15.4 Å². The molecule has 0 aromatic carbocycles. The third-order valence-corrected chi connectivity index (χ3v) is 4.22. The highest BCUT2D eigenvalue weighted by molar-refractivity contribution is 5.95. The third-order valence-electron chi connectivity index (χ3n) is 4.22. The maximum absolute atomic E-state index is 11.7. The number of carbonyl (C=O) groups is 1. The van der Waals surface area contributed by atoms with Crippen LogP contribution in [0.3, 0.4) is 0 Å². The van der Waals surface area contributed by atoms with Crippen molar-refractivity contribution < 1.29 is 9.53 Å². The van der Waals surface area contributed by atoms with Crippen LogP contribution >= 0.6 is 0 Å². The molecule has 20 heavy (non-hydrogen) atoms. The molecular formula is C15H23N3O2. The lowest BCUT2D eigenvalue weighted by atomic mass is 9.86. The molecule has 2 N–H and O–H groups in total. The number of pyridine rings is 1. The summed E-state index contributed by atoms with van der Waals surface area (Å²) in [7, 11) is 1.36. The van der Waals surface area contributed by atoms with Crippen LogP contribution in [0.15, 0.2) is 12.3 Å². The molecule has 1 saturated heterocycles. The van der Waals surface area contributed by atoms with Crippen LogP contribution in [0.2, 0.25) is 0 Å². The van der Waals surface area contributed by atoms with Gasteiger partial charge in [0.05, 0.1) is 24.6 Å². The maximum Gasteiger partial charge on any atom is 0.340 e. The second-order valence-electron chi connectivity index (χ2n) is 5.83. The van der Waals surface area contributed by atoms with E-state index < -0.39 is 5.97 Å². The zero-order chi connectivity index (χ0) is 14.9. The molecule has 0 saturated carbocycles. The van der Waals surface area contributed by atoms with E-state index in [0.29, 0.717) is 29.1 Å². The Bertz CT molecular complexity index is 504. The number of ether oxygens (including phenoxy) is 1. The molecule has 3 unspecified atom stereocenters. The Morgan fingerprint density at radius 1 is 1.45 bits per heavy atom. The summed E-state index contributed by atoms with van der Waals surface area (Å²) in [6.07, 6.45) is 2.76. The minimum Gasteiger partial charge on any atom is -0.465 e. The Labute approximate surface area is 120 Å². The monoisotopic (exact) mass is 277 g/mol. The molecule has 2 heterocycles. The molecule has 1 aromatic rings. The Kier molecular flexibility index (Phi) is 4.16. The molecule has 0 bridgehead atoms. The predicted molar refractivity (Wildman–Crippen MR) is 79.7 cm³/mol. The number of nitrogen functional groups attached to an aromatic ring is 1. The van der Waals surface area contributed by atoms with Crippen molar-refractivity contribution in [2.24, 2.45) is 11.8 Å². The van der Waals surface area contributed by atoms with Gasteiger partial charge >= 0.3 is 5.97 Å². The number of methoxy groups -OCH3 is 1. The van der Waals surface area contributed by atoms with E-state index in [2.05, 4.69) is 30.7 Å². The first-order valence-electron chi connectivity index (χ1n) is 7.04. The summed E-state index contributed by atoms with van der Waals surface area (Å²) < 4.78 is 4.76. The smallest absolute Gasteiger partial charge is 0.340 e. The zero-order valence-corrected chi connectivity index (χ0v) is 12.6. The molecule has 0 radical (unpaired) electrons. The SMILES string of the molecule is COC(=O)c1cc(N2CC(C)CC(C)C2C)ncc1N. The van der Waals surface area contributed by atoms with E-state index in [1.807, 2.05) is 0 Å². The van der Waals surface area contributed by atoms with Crippen molar-refractivity contribution in [1.82, 2.24) is 4.98 Å². The summed E-state index contributed by atoms with van der Waals surface area (Å²) in [6.45, 7) is 7.65. The van der Waals surface area contributed by atoms with Crippen molar-refractivity contribution in [3.05, 3.63) is 17.8 Å². The van der Waals surface area contributed by atoms with Crippen LogP contribution in [0.25, 0.3) is 0 Å². The quantitative estimate of drug-likeness (QED) is 0.840. The van der Waals surface area contributed by atoms with Gasteiger partial charge in [-0.3, -0.25) is 0 Å². The summed E-state index contributed by atoms with van der Waals surface area (Å²) in [4.78, 5) is 18.4. The van der Waals surface area contributed by atoms with Crippen molar-refractivity contribution in [2.45, 2.75) is 33.2 Å². The molecule has 1 aliphatic rings. The average molecular weight is 277 g/mol. The Hall–Kier alpha value is -1.78. The maximum atomic E-state index is 11.7. The van der Waals surface area contributed by atoms with E-state index in [-0.39, 0.29) is 0 Å². The number of piperidine rings is 1. The van der Waals surface area contributed by atoms with Crippen LogP contribution in [-0.2, 0) is 4.74 Å². The summed E-state index contributed by atoms with van der Waals surface area (Å²) in [5.74, 6) is 1.59. The van der Waals surface area contributed by atoms with Crippen LogP contribution < -0.4 is 10.6 Å². The van der Waals surface area contributed by atoms with Gasteiger partial charge in [-0.25, -0.2) is 9.78 Å². The van der Waals surface area contributed by atoms with Gasteiger partial charge in [-0.2, -0.15) is 0 Å². The lowest BCUT2D eigenvalue weighted by Gasteiger charge is -2.42. The fraction of sp³-hybridized carbons (Fsp3) is 0.600. The third kappa shape index (κ3) is 2.71. The number of anilines is 2. The van der Waals surface area contributed by atoms with Gasteiger partial charge in [-0.1, -0.05) is 13.8 Å². The Morgan fingerprint density at radius 3 is 2.80 bits per heavy atom. The molecule has 3 atom stereocenters. The van der Waals surface area contributed by atoms with E-state index in [4.69, 9.17) is 10.5 Å². The number of hydrogen-bond acceptors (Lipinski definition) is 5. The molecule has 5 heteroatoms. The largest absolute Gasteiger partial charge is 0.465 e. The van der Waals surface area contributed by atoms with E-state index >= 15 is 0 Å². The first-order chi connectivity index (χ1) is 9.43. The molecule has 0 amide bonds. The number of nitrogens with zero attached hydrogens (tertiary/aromatic N) is 2. The number of esters is 1. The zero-order valence-electron chi connectivity index (χ0n) is 12.6. The second-order valence-corrected chi connectivity index (χ2v) is 5.83. The lowest BCUT2D eigenvalue weighted by molar-refractivity contribution is 0.0602. The Morgan fingerprint density at radius 2 is 2.15 bits per heavy atom. The van der Waals surface area contributed by atoms with Gasteiger partial charge in [-0.05, 0) is 31.2 Å². The second kappa shape index (κ2) is 5.69. The topological polar surface area (TPSA) is 68.5 Å². The minimum absolute atomic E-state index is 0.353. The van der Waals surface area contributed by atoms with Crippen molar-refractivity contribution in [1.29, 1.82) is 0 Å². The highest BCUT2D eigenvalue weighted by atomic mass is 16.5. The number of hydrogen-bond donors (Lipinski definition) is 1. The van der Waals surface area contributed by atoms with Crippen molar-refractivity contribution in [3.63, 3.8) is 0 Å². The van der Waals surface area contributed by atoms with Crippen LogP contribution in [0.5, 0.6) is 0 Å². The molecule has 0 aliphatic carbocycles. The minimum atomic E-state index is -0.420. The highest BCUT2D eigenvalue weighted by Crippen LogP contribution is 2.31. The highest BCUT2D eigenvalue weighted by Gasteiger charge is 2.30. The van der Waals surface area contributed by atoms with Crippen LogP contribution in [0.4, 0.5) is 11.5 Å². The lowest BCUT2D eigenvalue weighted by Crippen LogP contribution is -2.46. The summed E-state index contributed by atoms with van der Waals surface area (Å²) in [5, 5.41) is 0. The fourth-order valence-corrected chi connectivity index (χ4v) is 2.92. The number of nitrogens with two attached hydrogens (primary N) is 1. The molecule has 5 nitrogen and oxygen atoms in total. The van der Waals surface area contributed by atoms with E-state index in [1.54, 1.807) is 6.07 Å². The van der Waals surface area contributed by atoms with Gasteiger partial charge in [0.15, 0.2) is 0 Å². The van der Waals surface area contributed by atoms with Crippen molar-refractivity contribution >= 4 is 17.5 Å². The van der Waals surface area contributed by atoms with Crippen LogP contribution in [0, 0.1) is 11.8 Å². The number of aromatic nitrogens is 1. The first kappa shape index (κ1) is 14.6. The molecule has 1 aromatic heterocycles. The molecule has 1 fully saturated rings. The molecule has 0 spiro atoms. The molecular weight excluding hydrogens is 254 g/mol. The first-order valence-corrected chi connectivity index (χ1v) is 7.04. The predicted octanol–water partition coefficient (Wildman–Crippen LogP) is 2.32. The van der Waals surface area contributed by atoms with E-state index in [0.717, 1.165) is 12.4 Å². The molecule has 1 aliphatic heterocycles. The van der Waals surface area contributed by atoms with Gasteiger partial charge in [0.2, 0.25) is 0 Å². The molecule has 110 valence electrons. The Balaban J connectivity index is 2.34. The van der Waals surface area contributed by atoms with Gasteiger partial charge in [0.25, 0.3) is 0 Å². The van der Waals surface area contributed by atoms with E-state index in [1.165, 1.54) is 19.7 Å². The van der Waals surface area contributed by atoms with E-state index in [9.17, 15) is 4.79 Å². The van der Waals surface area contributed by atoms with Gasteiger partial charge in [-0.15, -0.1) is 0 Å². The number of rotatable bonds is 2. The standard InChI is InChI=1S/C15H23N3O2/c1-9-5-10(2)11(3)18(8-9)14-6-12(15(19)20-4)13(16)7-17-14/h6-7,9-11H,5,8,16H2,1-4H3. The van der Waals surface area contributed by atoms with Crippen molar-refractivity contribution in [3.8, 4) is 0 Å².